The van der Waals surface area contributed by atoms with Gasteiger partial charge in [0.05, 0.1) is 0 Å². The van der Waals surface area contributed by atoms with Crippen LogP contribution in [0, 0.1) is 0 Å². The second kappa shape index (κ2) is 16.1. The second-order valence-corrected chi connectivity index (χ2v) is 15.7. The molecule has 0 atom stereocenters. The van der Waals surface area contributed by atoms with E-state index in [2.05, 4.69) is 241 Å². The minimum atomic E-state index is 0.868. The maximum atomic E-state index is 6.37. The fourth-order valence-corrected chi connectivity index (χ4v) is 8.59. The number of benzene rings is 10. The van der Waals surface area contributed by atoms with E-state index in [9.17, 15) is 0 Å². The SMILES string of the molecule is c1ccc(-c2ccc(-c3ccc(-c4ccc(-c5ccc(N(c6ccc(-c7ccc(-c8ccccc8)cc7)cc6)c6ccc7c(c6)oc6ccccc67)cc5)cc4)cc3)cc2)cc1. The monoisotopic (exact) mass is 791 g/mol. The normalized spacial score (nSPS) is 11.2. The number of nitrogens with zero attached hydrogens (tertiary/aromatic N) is 1. The van der Waals surface area contributed by atoms with Crippen LogP contribution in [0.15, 0.2) is 253 Å². The maximum Gasteiger partial charge on any atom is 0.137 e. The van der Waals surface area contributed by atoms with Gasteiger partial charge in [0.25, 0.3) is 0 Å². The molecule has 0 aliphatic rings. The molecule has 0 amide bonds. The fraction of sp³-hybridized carbons (Fsp3) is 0. The number of hydrogen-bond acceptors (Lipinski definition) is 2. The molecule has 0 N–H and O–H groups in total. The van der Waals surface area contributed by atoms with Crippen LogP contribution in [-0.2, 0) is 0 Å². The first-order valence-electron chi connectivity index (χ1n) is 21.1. The summed E-state index contributed by atoms with van der Waals surface area (Å²) >= 11 is 0. The molecule has 11 rings (SSSR count). The molecule has 2 nitrogen and oxygen atoms in total. The molecule has 1 heterocycles. The van der Waals surface area contributed by atoms with Crippen LogP contribution in [0.25, 0.3) is 88.7 Å². The van der Waals surface area contributed by atoms with Crippen molar-refractivity contribution in [3.63, 3.8) is 0 Å². The molecule has 0 aliphatic carbocycles. The Morgan fingerprint density at radius 2 is 0.484 bits per heavy atom. The Balaban J connectivity index is 0.858. The van der Waals surface area contributed by atoms with Gasteiger partial charge in [0.1, 0.15) is 11.2 Å². The lowest BCUT2D eigenvalue weighted by atomic mass is 9.97. The number of anilines is 3. The van der Waals surface area contributed by atoms with Gasteiger partial charge in [0, 0.05) is 33.9 Å². The molecule has 1 aromatic heterocycles. The van der Waals surface area contributed by atoms with E-state index in [1.807, 2.05) is 12.1 Å². The molecule has 0 radical (unpaired) electrons. The molecular weight excluding hydrogens is 751 g/mol. The minimum Gasteiger partial charge on any atom is -0.456 e. The van der Waals surface area contributed by atoms with Gasteiger partial charge in [-0.3, -0.25) is 0 Å². The average Bonchev–Trinajstić information content (AvgIpc) is 3.73. The van der Waals surface area contributed by atoms with Gasteiger partial charge in [-0.05, 0) is 109 Å². The highest BCUT2D eigenvalue weighted by Gasteiger charge is 2.16. The molecule has 2 heteroatoms. The molecule has 62 heavy (non-hydrogen) atoms. The van der Waals surface area contributed by atoms with Gasteiger partial charge in [-0.2, -0.15) is 0 Å². The Hall–Kier alpha value is -8.20. The number of furan rings is 1. The predicted octanol–water partition coefficient (Wildman–Crippen LogP) is 17.1. The summed E-state index contributed by atoms with van der Waals surface area (Å²) in [7, 11) is 0. The lowest BCUT2D eigenvalue weighted by Gasteiger charge is -2.26. The van der Waals surface area contributed by atoms with Crippen molar-refractivity contribution in [2.24, 2.45) is 0 Å². The highest BCUT2D eigenvalue weighted by Crippen LogP contribution is 2.40. The Kier molecular flexibility index (Phi) is 9.57. The first kappa shape index (κ1) is 36.8. The lowest BCUT2D eigenvalue weighted by Crippen LogP contribution is -2.09. The van der Waals surface area contributed by atoms with E-state index < -0.39 is 0 Å². The van der Waals surface area contributed by atoms with E-state index >= 15 is 0 Å². The van der Waals surface area contributed by atoms with Gasteiger partial charge < -0.3 is 9.32 Å². The number of hydrogen-bond donors (Lipinski definition) is 0. The van der Waals surface area contributed by atoms with Crippen LogP contribution in [0.1, 0.15) is 0 Å². The van der Waals surface area contributed by atoms with Crippen molar-refractivity contribution in [2.75, 3.05) is 4.90 Å². The maximum absolute atomic E-state index is 6.37. The standard InChI is InChI=1S/C60H41NO/c1-3-9-42(10-4-1)44-15-19-46(20-16-44)47-23-25-48(26-24-47)49-27-29-51(30-28-49)53-33-37-55(38-34-53)61(56-39-40-58-57-13-7-8-14-59(57)62-60(58)41-56)54-35-31-52(32-36-54)50-21-17-45(18-22-50)43-11-5-2-6-12-43/h1-41H. The van der Waals surface area contributed by atoms with E-state index in [0.29, 0.717) is 0 Å². The zero-order valence-corrected chi connectivity index (χ0v) is 34.0. The van der Waals surface area contributed by atoms with Gasteiger partial charge in [0.15, 0.2) is 0 Å². The third-order valence-corrected chi connectivity index (χ3v) is 12.0. The van der Waals surface area contributed by atoms with Crippen molar-refractivity contribution in [3.05, 3.63) is 249 Å². The molecule has 0 saturated heterocycles. The number of para-hydroxylation sites is 1. The van der Waals surface area contributed by atoms with E-state index in [4.69, 9.17) is 4.42 Å². The van der Waals surface area contributed by atoms with Crippen molar-refractivity contribution in [1.29, 1.82) is 0 Å². The van der Waals surface area contributed by atoms with Gasteiger partial charge in [-0.15, -0.1) is 0 Å². The quantitative estimate of drug-likeness (QED) is 0.145. The Morgan fingerprint density at radius 3 is 0.855 bits per heavy atom. The molecule has 11 aromatic rings. The summed E-state index contributed by atoms with van der Waals surface area (Å²) in [6.07, 6.45) is 0. The number of fused-ring (bicyclic) bond motifs is 3. The summed E-state index contributed by atoms with van der Waals surface area (Å²) in [6, 6.07) is 88.9. The second-order valence-electron chi connectivity index (χ2n) is 15.7. The minimum absolute atomic E-state index is 0.868. The molecule has 0 bridgehead atoms. The van der Waals surface area contributed by atoms with Crippen molar-refractivity contribution >= 4 is 39.0 Å². The molecule has 0 saturated carbocycles. The van der Waals surface area contributed by atoms with Crippen LogP contribution >= 0.6 is 0 Å². The molecule has 0 aliphatic heterocycles. The molecule has 292 valence electrons. The van der Waals surface area contributed by atoms with E-state index in [1.165, 1.54) is 61.2 Å². The van der Waals surface area contributed by atoms with Crippen molar-refractivity contribution in [1.82, 2.24) is 0 Å². The summed E-state index contributed by atoms with van der Waals surface area (Å²) in [5, 5.41) is 2.24. The van der Waals surface area contributed by atoms with Gasteiger partial charge in [-0.25, -0.2) is 0 Å². The fourth-order valence-electron chi connectivity index (χ4n) is 8.59. The predicted molar refractivity (Wildman–Crippen MR) is 261 cm³/mol. The Morgan fingerprint density at radius 1 is 0.210 bits per heavy atom. The van der Waals surface area contributed by atoms with E-state index in [0.717, 1.165) is 44.6 Å². The highest BCUT2D eigenvalue weighted by molar-refractivity contribution is 6.06. The zero-order chi connectivity index (χ0) is 41.2. The molecule has 0 fully saturated rings. The zero-order valence-electron chi connectivity index (χ0n) is 34.0. The summed E-state index contributed by atoms with van der Waals surface area (Å²) in [5.41, 5.74) is 19.3. The van der Waals surface area contributed by atoms with E-state index in [-0.39, 0.29) is 0 Å². The Labute approximate surface area is 362 Å². The first-order chi connectivity index (χ1) is 30.7. The van der Waals surface area contributed by atoms with Crippen molar-refractivity contribution in [2.45, 2.75) is 0 Å². The highest BCUT2D eigenvalue weighted by atomic mass is 16.3. The van der Waals surface area contributed by atoms with Gasteiger partial charge in [-0.1, -0.05) is 200 Å². The summed E-state index contributed by atoms with van der Waals surface area (Å²) < 4.78 is 6.37. The van der Waals surface area contributed by atoms with Crippen LogP contribution < -0.4 is 4.90 Å². The van der Waals surface area contributed by atoms with E-state index in [1.54, 1.807) is 0 Å². The summed E-state index contributed by atoms with van der Waals surface area (Å²) in [6.45, 7) is 0. The number of rotatable bonds is 9. The van der Waals surface area contributed by atoms with Gasteiger partial charge >= 0.3 is 0 Å². The summed E-state index contributed by atoms with van der Waals surface area (Å²) in [4.78, 5) is 2.31. The topological polar surface area (TPSA) is 16.4 Å². The third kappa shape index (κ3) is 7.25. The van der Waals surface area contributed by atoms with Crippen LogP contribution in [0.5, 0.6) is 0 Å². The first-order valence-corrected chi connectivity index (χ1v) is 21.1. The van der Waals surface area contributed by atoms with Crippen LogP contribution in [-0.4, -0.2) is 0 Å². The van der Waals surface area contributed by atoms with Crippen LogP contribution in [0.4, 0.5) is 17.1 Å². The lowest BCUT2D eigenvalue weighted by molar-refractivity contribution is 0.669. The largest absolute Gasteiger partial charge is 0.456 e. The molecule has 10 aromatic carbocycles. The average molecular weight is 792 g/mol. The molecule has 0 spiro atoms. The smallest absolute Gasteiger partial charge is 0.137 e. The van der Waals surface area contributed by atoms with Crippen molar-refractivity contribution in [3.8, 4) is 66.8 Å². The third-order valence-electron chi connectivity index (χ3n) is 12.0. The molecular formula is C60H41NO. The Bertz CT molecular complexity index is 3260. The summed E-state index contributed by atoms with van der Waals surface area (Å²) in [5.74, 6) is 0. The van der Waals surface area contributed by atoms with Crippen molar-refractivity contribution < 1.29 is 4.42 Å². The van der Waals surface area contributed by atoms with Crippen LogP contribution in [0.3, 0.4) is 0 Å². The van der Waals surface area contributed by atoms with Crippen LogP contribution in [0.2, 0.25) is 0 Å². The van der Waals surface area contributed by atoms with Gasteiger partial charge in [0.2, 0.25) is 0 Å². The molecule has 0 unspecified atom stereocenters.